The molecule has 5 heteroatoms. The molecule has 1 aromatic heterocycles. The zero-order valence-corrected chi connectivity index (χ0v) is 10.6. The van der Waals surface area contributed by atoms with Crippen LogP contribution < -0.4 is 5.32 Å². The number of rotatable bonds is 3. The van der Waals surface area contributed by atoms with Crippen molar-refractivity contribution < 1.29 is 14.7 Å². The summed E-state index contributed by atoms with van der Waals surface area (Å²) in [4.78, 5) is 24.3. The number of hydrogen-bond donors (Lipinski definition) is 2. The number of hydrogen-bond acceptors (Lipinski definition) is 3. The molecule has 0 atom stereocenters. The molecule has 1 aromatic rings. The Bertz CT molecular complexity index is 435. The number of thiophene rings is 1. The van der Waals surface area contributed by atoms with E-state index in [0.29, 0.717) is 10.4 Å². The third kappa shape index (κ3) is 2.41. The van der Waals surface area contributed by atoms with Crippen molar-refractivity contribution in [3.8, 4) is 0 Å². The average Bonchev–Trinajstić information content (AvgIpc) is 2.39. The van der Waals surface area contributed by atoms with Gasteiger partial charge in [-0.25, -0.2) is 4.79 Å². The van der Waals surface area contributed by atoms with E-state index in [9.17, 15) is 9.59 Å². The first-order valence-electron chi connectivity index (χ1n) is 4.98. The van der Waals surface area contributed by atoms with E-state index in [1.54, 1.807) is 13.8 Å². The van der Waals surface area contributed by atoms with Gasteiger partial charge in [-0.2, -0.15) is 0 Å². The molecule has 1 amide bonds. The van der Waals surface area contributed by atoms with Gasteiger partial charge >= 0.3 is 5.97 Å². The largest absolute Gasteiger partial charge is 0.478 e. The Labute approximate surface area is 98.3 Å². The van der Waals surface area contributed by atoms with Crippen molar-refractivity contribution in [2.75, 3.05) is 0 Å². The van der Waals surface area contributed by atoms with E-state index in [1.807, 2.05) is 13.8 Å². The summed E-state index contributed by atoms with van der Waals surface area (Å²) in [6, 6.07) is -0.00579. The van der Waals surface area contributed by atoms with Crippen molar-refractivity contribution in [2.24, 2.45) is 0 Å². The molecule has 0 aliphatic heterocycles. The van der Waals surface area contributed by atoms with Gasteiger partial charge in [-0.15, -0.1) is 11.3 Å². The van der Waals surface area contributed by atoms with E-state index >= 15 is 0 Å². The lowest BCUT2D eigenvalue weighted by Gasteiger charge is -2.08. The normalized spacial score (nSPS) is 10.6. The molecule has 0 saturated carbocycles. The van der Waals surface area contributed by atoms with Gasteiger partial charge in [0.1, 0.15) is 0 Å². The zero-order valence-electron chi connectivity index (χ0n) is 9.75. The van der Waals surface area contributed by atoms with Crippen molar-refractivity contribution >= 4 is 23.2 Å². The molecule has 2 N–H and O–H groups in total. The van der Waals surface area contributed by atoms with E-state index in [-0.39, 0.29) is 17.5 Å². The van der Waals surface area contributed by atoms with Gasteiger partial charge < -0.3 is 10.4 Å². The van der Waals surface area contributed by atoms with E-state index in [0.717, 1.165) is 4.88 Å². The maximum Gasteiger partial charge on any atom is 0.337 e. The van der Waals surface area contributed by atoms with Gasteiger partial charge in [-0.1, -0.05) is 0 Å². The molecule has 0 unspecified atom stereocenters. The number of aryl methyl sites for hydroxylation is 2. The molecular formula is C11H15NO3S. The summed E-state index contributed by atoms with van der Waals surface area (Å²) in [6.45, 7) is 7.16. The van der Waals surface area contributed by atoms with Gasteiger partial charge in [-0.05, 0) is 27.7 Å². The molecule has 0 bridgehead atoms. The summed E-state index contributed by atoms with van der Waals surface area (Å²) in [5.41, 5.74) is 0.421. The lowest BCUT2D eigenvalue weighted by atomic mass is 10.1. The van der Waals surface area contributed by atoms with Crippen LogP contribution in [-0.4, -0.2) is 23.0 Å². The Hall–Kier alpha value is -1.36. The smallest absolute Gasteiger partial charge is 0.337 e. The minimum absolute atomic E-state index is 0.00579. The Morgan fingerprint density at radius 1 is 1.19 bits per heavy atom. The second-order valence-electron chi connectivity index (χ2n) is 3.90. The van der Waals surface area contributed by atoms with Gasteiger partial charge in [-0.3, -0.25) is 4.79 Å². The quantitative estimate of drug-likeness (QED) is 0.852. The van der Waals surface area contributed by atoms with Gasteiger partial charge in [0.05, 0.1) is 11.1 Å². The predicted molar refractivity (Wildman–Crippen MR) is 63.4 cm³/mol. The van der Waals surface area contributed by atoms with E-state index in [1.165, 1.54) is 11.3 Å². The fraction of sp³-hybridized carbons (Fsp3) is 0.455. The van der Waals surface area contributed by atoms with Crippen molar-refractivity contribution in [2.45, 2.75) is 33.7 Å². The fourth-order valence-electron chi connectivity index (χ4n) is 1.55. The first-order chi connectivity index (χ1) is 7.34. The first kappa shape index (κ1) is 12.7. The highest BCUT2D eigenvalue weighted by Gasteiger charge is 2.24. The third-order valence-corrected chi connectivity index (χ3v) is 3.14. The Balaban J connectivity index is 3.21. The summed E-state index contributed by atoms with van der Waals surface area (Å²) in [7, 11) is 0. The molecule has 4 nitrogen and oxygen atoms in total. The molecule has 0 fully saturated rings. The van der Waals surface area contributed by atoms with Crippen LogP contribution in [0.4, 0.5) is 0 Å². The Kier molecular flexibility index (Phi) is 3.70. The minimum Gasteiger partial charge on any atom is -0.478 e. The standard InChI is InChI=1S/C11H15NO3S/c1-5(2)12-10(13)8-6(3)16-7(4)9(8)11(14)15/h5H,1-4H3,(H,12,13)(H,14,15). The maximum atomic E-state index is 11.8. The van der Waals surface area contributed by atoms with Gasteiger partial charge in [0.2, 0.25) is 0 Å². The third-order valence-electron chi connectivity index (χ3n) is 2.12. The molecule has 1 heterocycles. The number of carboxylic acid groups (broad SMARTS) is 1. The van der Waals surface area contributed by atoms with Gasteiger partial charge in [0.15, 0.2) is 0 Å². The summed E-state index contributed by atoms with van der Waals surface area (Å²) in [5, 5.41) is 11.8. The summed E-state index contributed by atoms with van der Waals surface area (Å²) in [6.07, 6.45) is 0. The highest BCUT2D eigenvalue weighted by Crippen LogP contribution is 2.27. The monoisotopic (exact) mass is 241 g/mol. The number of carboxylic acids is 1. The van der Waals surface area contributed by atoms with Crippen molar-refractivity contribution in [3.05, 3.63) is 20.9 Å². The van der Waals surface area contributed by atoms with Crippen LogP contribution in [-0.2, 0) is 0 Å². The average molecular weight is 241 g/mol. The first-order valence-corrected chi connectivity index (χ1v) is 5.80. The number of nitrogens with one attached hydrogen (secondary N) is 1. The van der Waals surface area contributed by atoms with Crippen molar-refractivity contribution in [1.29, 1.82) is 0 Å². The number of amides is 1. The molecule has 0 aromatic carbocycles. The second-order valence-corrected chi connectivity index (χ2v) is 5.33. The highest BCUT2D eigenvalue weighted by molar-refractivity contribution is 7.12. The summed E-state index contributed by atoms with van der Waals surface area (Å²) >= 11 is 1.34. The van der Waals surface area contributed by atoms with Crippen LogP contribution in [0.25, 0.3) is 0 Å². The molecule has 16 heavy (non-hydrogen) atoms. The molecule has 0 aliphatic carbocycles. The van der Waals surface area contributed by atoms with E-state index < -0.39 is 5.97 Å². The summed E-state index contributed by atoms with van der Waals surface area (Å²) in [5.74, 6) is -1.36. The number of carbonyl (C=O) groups excluding carboxylic acids is 1. The molecule has 1 rings (SSSR count). The molecule has 0 spiro atoms. The van der Waals surface area contributed by atoms with E-state index in [2.05, 4.69) is 5.32 Å². The lowest BCUT2D eigenvalue weighted by Crippen LogP contribution is -2.31. The van der Waals surface area contributed by atoms with Crippen LogP contribution in [0.3, 0.4) is 0 Å². The van der Waals surface area contributed by atoms with Crippen LogP contribution in [0.2, 0.25) is 0 Å². The van der Waals surface area contributed by atoms with Gasteiger partial charge in [0.25, 0.3) is 5.91 Å². The molecule has 0 radical (unpaired) electrons. The maximum absolute atomic E-state index is 11.8. The molecule has 0 saturated heterocycles. The topological polar surface area (TPSA) is 66.4 Å². The van der Waals surface area contributed by atoms with E-state index in [4.69, 9.17) is 5.11 Å². The Morgan fingerprint density at radius 3 is 2.12 bits per heavy atom. The predicted octanol–water partition coefficient (Wildman–Crippen LogP) is 2.20. The van der Waals surface area contributed by atoms with Crippen LogP contribution in [0, 0.1) is 13.8 Å². The Morgan fingerprint density at radius 2 is 1.69 bits per heavy atom. The van der Waals surface area contributed by atoms with Gasteiger partial charge in [0, 0.05) is 15.8 Å². The molecular weight excluding hydrogens is 226 g/mol. The number of aromatic carboxylic acids is 1. The van der Waals surface area contributed by atoms with Crippen LogP contribution in [0.15, 0.2) is 0 Å². The van der Waals surface area contributed by atoms with Crippen molar-refractivity contribution in [1.82, 2.24) is 5.32 Å². The fourth-order valence-corrected chi connectivity index (χ4v) is 2.60. The van der Waals surface area contributed by atoms with Crippen LogP contribution in [0.5, 0.6) is 0 Å². The molecule has 88 valence electrons. The number of carbonyl (C=O) groups is 2. The zero-order chi connectivity index (χ0) is 12.5. The van der Waals surface area contributed by atoms with Crippen molar-refractivity contribution in [3.63, 3.8) is 0 Å². The SMILES string of the molecule is Cc1sc(C)c(C(=O)NC(C)C)c1C(=O)O. The lowest BCUT2D eigenvalue weighted by molar-refractivity contribution is 0.0690. The van der Waals surface area contributed by atoms with Crippen LogP contribution in [0.1, 0.15) is 44.3 Å². The van der Waals surface area contributed by atoms with Crippen LogP contribution >= 0.6 is 11.3 Å². The highest BCUT2D eigenvalue weighted by atomic mass is 32.1. The summed E-state index contributed by atoms with van der Waals surface area (Å²) < 4.78 is 0. The molecule has 0 aliphatic rings. The second kappa shape index (κ2) is 4.65. The minimum atomic E-state index is -1.05.